The summed E-state index contributed by atoms with van der Waals surface area (Å²) in [4.78, 5) is 35.2. The van der Waals surface area contributed by atoms with Crippen LogP contribution in [0.4, 0.5) is 0 Å². The number of benzene rings is 2. The Morgan fingerprint density at radius 2 is 1.92 bits per heavy atom. The Labute approximate surface area is 222 Å². The molecular formula is C28H33ClN4O4. The van der Waals surface area contributed by atoms with Gasteiger partial charge in [0.05, 0.1) is 19.1 Å². The number of hydrogen-bond acceptors (Lipinski definition) is 6. The average Bonchev–Trinajstić information content (AvgIpc) is 3.42. The van der Waals surface area contributed by atoms with Gasteiger partial charge in [0.2, 0.25) is 23.5 Å². The highest BCUT2D eigenvalue weighted by Crippen LogP contribution is 2.32. The fourth-order valence-electron chi connectivity index (χ4n) is 4.75. The summed E-state index contributed by atoms with van der Waals surface area (Å²) in [5.74, 6) is 0.332. The average molecular weight is 525 g/mol. The molecule has 1 aliphatic rings. The first-order valence-corrected chi connectivity index (χ1v) is 13.1. The number of ether oxygens (including phenoxy) is 1. The van der Waals surface area contributed by atoms with Crippen molar-refractivity contribution >= 4 is 23.4 Å². The minimum atomic E-state index is -0.328. The van der Waals surface area contributed by atoms with E-state index in [0.29, 0.717) is 42.9 Å². The number of carbonyl (C=O) groups is 2. The number of hydrogen-bond donors (Lipinski definition) is 0. The van der Waals surface area contributed by atoms with Crippen LogP contribution in [-0.4, -0.2) is 65.1 Å². The van der Waals surface area contributed by atoms with E-state index in [2.05, 4.69) is 10.1 Å². The van der Waals surface area contributed by atoms with Gasteiger partial charge in [-0.3, -0.25) is 9.59 Å². The van der Waals surface area contributed by atoms with Crippen molar-refractivity contribution in [1.82, 2.24) is 19.9 Å². The Morgan fingerprint density at radius 1 is 1.16 bits per heavy atom. The predicted octanol–water partition coefficient (Wildman–Crippen LogP) is 5.11. The number of carbonyl (C=O) groups excluding carboxylic acids is 2. The Hall–Kier alpha value is -3.23. The number of methoxy groups -OCH3 is 1. The second kappa shape index (κ2) is 12.8. The molecule has 196 valence electrons. The monoisotopic (exact) mass is 524 g/mol. The van der Waals surface area contributed by atoms with Gasteiger partial charge in [0.15, 0.2) is 0 Å². The smallest absolute Gasteiger partial charge is 0.249 e. The molecule has 0 bridgehead atoms. The first-order valence-electron chi connectivity index (χ1n) is 12.7. The lowest BCUT2D eigenvalue weighted by Crippen LogP contribution is -2.47. The van der Waals surface area contributed by atoms with Crippen LogP contribution in [-0.2, 0) is 14.3 Å². The van der Waals surface area contributed by atoms with Crippen LogP contribution in [0.25, 0.3) is 11.4 Å². The van der Waals surface area contributed by atoms with E-state index in [-0.39, 0.29) is 30.3 Å². The lowest BCUT2D eigenvalue weighted by atomic mass is 9.95. The van der Waals surface area contributed by atoms with Crippen molar-refractivity contribution < 1.29 is 18.8 Å². The molecule has 9 heteroatoms. The lowest BCUT2D eigenvalue weighted by molar-refractivity contribution is -0.144. The molecule has 37 heavy (non-hydrogen) atoms. The molecule has 0 radical (unpaired) electrons. The van der Waals surface area contributed by atoms with E-state index >= 15 is 0 Å². The maximum Gasteiger partial charge on any atom is 0.249 e. The molecule has 0 saturated carbocycles. The predicted molar refractivity (Wildman–Crippen MR) is 141 cm³/mol. The molecule has 2 amide bonds. The minimum absolute atomic E-state index is 0.0276. The fourth-order valence-corrected chi connectivity index (χ4v) is 4.88. The maximum atomic E-state index is 13.6. The molecule has 3 aromatic rings. The topological polar surface area (TPSA) is 88.8 Å². The SMILES string of the molecule is CCC(C(=O)N(CCOC)CC(=O)N1CCCCC1c1nc(-c2ccc(Cl)cc2)no1)c1ccccc1. The number of amides is 2. The van der Waals surface area contributed by atoms with Gasteiger partial charge < -0.3 is 19.1 Å². The minimum Gasteiger partial charge on any atom is -0.383 e. The highest BCUT2D eigenvalue weighted by Gasteiger charge is 2.34. The third kappa shape index (κ3) is 6.56. The molecule has 2 unspecified atom stereocenters. The van der Waals surface area contributed by atoms with Crippen LogP contribution in [0.2, 0.25) is 5.02 Å². The van der Waals surface area contributed by atoms with Gasteiger partial charge in [0, 0.05) is 30.8 Å². The Balaban J connectivity index is 1.51. The van der Waals surface area contributed by atoms with Crippen molar-refractivity contribution in [3.63, 3.8) is 0 Å². The molecule has 4 rings (SSSR count). The third-order valence-corrected chi connectivity index (χ3v) is 7.02. The van der Waals surface area contributed by atoms with E-state index in [9.17, 15) is 9.59 Å². The van der Waals surface area contributed by atoms with E-state index in [1.165, 1.54) is 0 Å². The Kier molecular flexibility index (Phi) is 9.30. The van der Waals surface area contributed by atoms with Gasteiger partial charge in [-0.1, -0.05) is 54.0 Å². The summed E-state index contributed by atoms with van der Waals surface area (Å²) in [6.07, 6.45) is 3.20. The normalized spacial score (nSPS) is 16.4. The summed E-state index contributed by atoms with van der Waals surface area (Å²) in [5.41, 5.74) is 1.73. The van der Waals surface area contributed by atoms with Crippen LogP contribution < -0.4 is 0 Å². The molecule has 1 fully saturated rings. The summed E-state index contributed by atoms with van der Waals surface area (Å²) in [6.45, 7) is 3.22. The molecule has 2 heterocycles. The second-order valence-corrected chi connectivity index (χ2v) is 9.62. The van der Waals surface area contributed by atoms with Crippen molar-refractivity contribution in [2.45, 2.75) is 44.6 Å². The molecular weight excluding hydrogens is 492 g/mol. The first-order chi connectivity index (χ1) is 18.0. The Bertz CT molecular complexity index is 1170. The van der Waals surface area contributed by atoms with Gasteiger partial charge in [0.25, 0.3) is 0 Å². The largest absolute Gasteiger partial charge is 0.383 e. The first kappa shape index (κ1) is 26.8. The number of halogens is 1. The van der Waals surface area contributed by atoms with Crippen LogP contribution >= 0.6 is 11.6 Å². The maximum absolute atomic E-state index is 13.6. The lowest BCUT2D eigenvalue weighted by Gasteiger charge is -2.35. The van der Waals surface area contributed by atoms with Crippen LogP contribution in [0.5, 0.6) is 0 Å². The second-order valence-electron chi connectivity index (χ2n) is 9.19. The zero-order valence-corrected chi connectivity index (χ0v) is 22.1. The molecule has 0 N–H and O–H groups in total. The molecule has 2 aromatic carbocycles. The number of rotatable bonds is 10. The Morgan fingerprint density at radius 3 is 2.62 bits per heavy atom. The van der Waals surface area contributed by atoms with Crippen molar-refractivity contribution in [2.24, 2.45) is 0 Å². The van der Waals surface area contributed by atoms with Gasteiger partial charge >= 0.3 is 0 Å². The van der Waals surface area contributed by atoms with Crippen molar-refractivity contribution in [3.05, 3.63) is 71.1 Å². The van der Waals surface area contributed by atoms with E-state index in [1.54, 1.807) is 29.0 Å². The van der Waals surface area contributed by atoms with Gasteiger partial charge in [0.1, 0.15) is 6.04 Å². The quantitative estimate of drug-likeness (QED) is 0.366. The standard InChI is InChI=1S/C28H33ClN4O4/c1-3-23(20-9-5-4-6-10-20)28(35)32(17-18-36-2)19-25(34)33-16-8-7-11-24(33)27-30-26(31-37-27)21-12-14-22(29)15-13-21/h4-6,9-10,12-15,23-24H,3,7-8,11,16-19H2,1-2H3. The number of piperidine rings is 1. The van der Waals surface area contributed by atoms with E-state index in [0.717, 1.165) is 30.4 Å². The molecule has 2 atom stereocenters. The summed E-state index contributed by atoms with van der Waals surface area (Å²) in [7, 11) is 1.59. The number of aromatic nitrogens is 2. The molecule has 1 saturated heterocycles. The number of likely N-dealkylation sites (tertiary alicyclic amines) is 1. The third-order valence-electron chi connectivity index (χ3n) is 6.76. The zero-order valence-electron chi connectivity index (χ0n) is 21.3. The van der Waals surface area contributed by atoms with E-state index in [4.69, 9.17) is 20.9 Å². The van der Waals surface area contributed by atoms with E-state index < -0.39 is 0 Å². The fraction of sp³-hybridized carbons (Fsp3) is 0.429. The van der Waals surface area contributed by atoms with Crippen molar-refractivity contribution in [2.75, 3.05) is 33.4 Å². The van der Waals surface area contributed by atoms with E-state index in [1.807, 2.05) is 49.4 Å². The van der Waals surface area contributed by atoms with Crippen molar-refractivity contribution in [3.8, 4) is 11.4 Å². The summed E-state index contributed by atoms with van der Waals surface area (Å²) in [6, 6.07) is 16.6. The van der Waals surface area contributed by atoms with Gasteiger partial charge in [-0.2, -0.15) is 4.98 Å². The van der Waals surface area contributed by atoms with Gasteiger partial charge in [-0.05, 0) is 55.5 Å². The van der Waals surface area contributed by atoms with Crippen LogP contribution in [0, 0.1) is 0 Å². The molecule has 1 aliphatic heterocycles. The zero-order chi connectivity index (χ0) is 26.2. The summed E-state index contributed by atoms with van der Waals surface area (Å²) < 4.78 is 10.9. The highest BCUT2D eigenvalue weighted by atomic mass is 35.5. The summed E-state index contributed by atoms with van der Waals surface area (Å²) >= 11 is 5.99. The van der Waals surface area contributed by atoms with Crippen LogP contribution in [0.1, 0.15) is 56.0 Å². The van der Waals surface area contributed by atoms with Gasteiger partial charge in [-0.25, -0.2) is 0 Å². The summed E-state index contributed by atoms with van der Waals surface area (Å²) in [5, 5.41) is 4.76. The van der Waals surface area contributed by atoms with Crippen LogP contribution in [0.15, 0.2) is 59.1 Å². The molecule has 0 aliphatic carbocycles. The number of nitrogens with zero attached hydrogens (tertiary/aromatic N) is 4. The molecule has 0 spiro atoms. The van der Waals surface area contributed by atoms with Crippen LogP contribution in [0.3, 0.4) is 0 Å². The molecule has 1 aromatic heterocycles. The van der Waals surface area contributed by atoms with Gasteiger partial charge in [-0.15, -0.1) is 0 Å². The molecule has 8 nitrogen and oxygen atoms in total. The highest BCUT2D eigenvalue weighted by molar-refractivity contribution is 6.30. The van der Waals surface area contributed by atoms with Crippen molar-refractivity contribution in [1.29, 1.82) is 0 Å².